The Morgan fingerprint density at radius 1 is 1.42 bits per heavy atom. The first-order chi connectivity index (χ1) is 8.97. The van der Waals surface area contributed by atoms with Crippen LogP contribution in [0.15, 0.2) is 24.4 Å². The van der Waals surface area contributed by atoms with Crippen molar-refractivity contribution in [3.05, 3.63) is 45.4 Å². The fourth-order valence-corrected chi connectivity index (χ4v) is 2.47. The number of nitrogens with two attached hydrogens (primary N) is 1. The van der Waals surface area contributed by atoms with Crippen LogP contribution in [0.4, 0.5) is 5.69 Å². The summed E-state index contributed by atoms with van der Waals surface area (Å²) in [5.74, 6) is -0.132. The molecule has 100 valence electrons. The summed E-state index contributed by atoms with van der Waals surface area (Å²) in [5, 5.41) is 3.83. The Hall–Kier alpha value is -1.88. The fourth-order valence-electron chi connectivity index (χ4n) is 1.70. The summed E-state index contributed by atoms with van der Waals surface area (Å²) in [5.41, 5.74) is 7.99. The maximum Gasteiger partial charge on any atom is 0.251 e. The Kier molecular flexibility index (Phi) is 3.85. The van der Waals surface area contributed by atoms with Crippen molar-refractivity contribution < 1.29 is 4.79 Å². The number of thiazole rings is 1. The zero-order valence-electron chi connectivity index (χ0n) is 11.2. The minimum Gasteiger partial charge on any atom is -0.398 e. The van der Waals surface area contributed by atoms with Crippen LogP contribution in [0.2, 0.25) is 0 Å². The van der Waals surface area contributed by atoms with Gasteiger partial charge in [-0.05, 0) is 38.5 Å². The standard InChI is InChI=1S/C14H17N3OS/c1-8-4-5-11(6-12(8)15)13(18)17-10(3)14-16-7-9(2)19-14/h4-7,10H,15H2,1-3H3,(H,17,18). The highest BCUT2D eigenvalue weighted by Crippen LogP contribution is 2.20. The van der Waals surface area contributed by atoms with Gasteiger partial charge in [0, 0.05) is 22.3 Å². The Morgan fingerprint density at radius 3 is 2.74 bits per heavy atom. The molecule has 1 unspecified atom stereocenters. The predicted molar refractivity (Wildman–Crippen MR) is 78.3 cm³/mol. The number of nitrogen functional groups attached to an aromatic ring is 1. The molecule has 3 N–H and O–H groups in total. The summed E-state index contributed by atoms with van der Waals surface area (Å²) in [6.45, 7) is 5.84. The van der Waals surface area contributed by atoms with Crippen LogP contribution >= 0.6 is 11.3 Å². The van der Waals surface area contributed by atoms with Gasteiger partial charge in [0.25, 0.3) is 5.91 Å². The maximum atomic E-state index is 12.1. The minimum absolute atomic E-state index is 0.103. The zero-order chi connectivity index (χ0) is 14.0. The smallest absolute Gasteiger partial charge is 0.251 e. The molecule has 0 aliphatic heterocycles. The maximum absolute atomic E-state index is 12.1. The molecule has 0 saturated heterocycles. The number of carbonyl (C=O) groups excluding carboxylic acids is 1. The Balaban J connectivity index is 2.10. The molecule has 0 aliphatic rings. The monoisotopic (exact) mass is 275 g/mol. The molecule has 0 fully saturated rings. The first kappa shape index (κ1) is 13.5. The molecule has 1 atom stereocenters. The molecule has 1 aromatic carbocycles. The number of benzene rings is 1. The SMILES string of the molecule is Cc1cnc(C(C)NC(=O)c2ccc(C)c(N)c2)s1. The van der Waals surface area contributed by atoms with E-state index in [-0.39, 0.29) is 11.9 Å². The summed E-state index contributed by atoms with van der Waals surface area (Å²) >= 11 is 1.59. The average molecular weight is 275 g/mol. The molecule has 19 heavy (non-hydrogen) atoms. The van der Waals surface area contributed by atoms with E-state index in [1.807, 2.05) is 33.0 Å². The fraction of sp³-hybridized carbons (Fsp3) is 0.286. The van der Waals surface area contributed by atoms with E-state index >= 15 is 0 Å². The molecule has 0 aliphatic carbocycles. The van der Waals surface area contributed by atoms with Crippen molar-refractivity contribution in [2.75, 3.05) is 5.73 Å². The van der Waals surface area contributed by atoms with Gasteiger partial charge in [0.2, 0.25) is 0 Å². The van der Waals surface area contributed by atoms with E-state index in [4.69, 9.17) is 5.73 Å². The van der Waals surface area contributed by atoms with Gasteiger partial charge in [0.05, 0.1) is 6.04 Å². The van der Waals surface area contributed by atoms with Crippen LogP contribution in [0.25, 0.3) is 0 Å². The number of nitrogens with one attached hydrogen (secondary N) is 1. The van der Waals surface area contributed by atoms with E-state index in [0.717, 1.165) is 15.4 Å². The van der Waals surface area contributed by atoms with Gasteiger partial charge < -0.3 is 11.1 Å². The second kappa shape index (κ2) is 5.40. The average Bonchev–Trinajstić information content (AvgIpc) is 2.79. The lowest BCUT2D eigenvalue weighted by Gasteiger charge is -2.12. The molecule has 0 bridgehead atoms. The molecular weight excluding hydrogens is 258 g/mol. The lowest BCUT2D eigenvalue weighted by atomic mass is 10.1. The van der Waals surface area contributed by atoms with Crippen molar-refractivity contribution in [1.29, 1.82) is 0 Å². The number of nitrogens with zero attached hydrogens (tertiary/aromatic N) is 1. The van der Waals surface area contributed by atoms with Crippen LogP contribution in [0.1, 0.15) is 38.8 Å². The van der Waals surface area contributed by atoms with E-state index in [0.29, 0.717) is 11.3 Å². The van der Waals surface area contributed by atoms with E-state index in [1.165, 1.54) is 0 Å². The molecule has 1 aromatic heterocycles. The van der Waals surface area contributed by atoms with Crippen LogP contribution in [-0.4, -0.2) is 10.9 Å². The first-order valence-corrected chi connectivity index (χ1v) is 6.88. The van der Waals surface area contributed by atoms with E-state index in [2.05, 4.69) is 10.3 Å². The number of carbonyl (C=O) groups is 1. The number of rotatable bonds is 3. The molecule has 1 heterocycles. The molecule has 5 heteroatoms. The second-order valence-corrected chi connectivity index (χ2v) is 5.84. The van der Waals surface area contributed by atoms with E-state index in [9.17, 15) is 4.79 Å². The van der Waals surface area contributed by atoms with Crippen molar-refractivity contribution in [1.82, 2.24) is 10.3 Å². The number of aryl methyl sites for hydroxylation is 2. The van der Waals surface area contributed by atoms with Crippen molar-refractivity contribution in [3.63, 3.8) is 0 Å². The minimum atomic E-state index is -0.132. The molecule has 4 nitrogen and oxygen atoms in total. The molecule has 0 spiro atoms. The third kappa shape index (κ3) is 3.12. The normalized spacial score (nSPS) is 12.2. The molecule has 2 aromatic rings. The molecule has 1 amide bonds. The summed E-state index contributed by atoms with van der Waals surface area (Å²) < 4.78 is 0. The van der Waals surface area contributed by atoms with Crippen LogP contribution in [0, 0.1) is 13.8 Å². The number of amides is 1. The van der Waals surface area contributed by atoms with Crippen molar-refractivity contribution >= 4 is 22.9 Å². The summed E-state index contributed by atoms with van der Waals surface area (Å²) in [4.78, 5) is 17.5. The van der Waals surface area contributed by atoms with E-state index in [1.54, 1.807) is 23.5 Å². The van der Waals surface area contributed by atoms with Crippen molar-refractivity contribution in [2.24, 2.45) is 0 Å². The lowest BCUT2D eigenvalue weighted by molar-refractivity contribution is 0.0940. The van der Waals surface area contributed by atoms with Crippen molar-refractivity contribution in [2.45, 2.75) is 26.8 Å². The molecule has 2 rings (SSSR count). The Morgan fingerprint density at radius 2 is 2.16 bits per heavy atom. The van der Waals surface area contributed by atoms with Gasteiger partial charge in [-0.2, -0.15) is 0 Å². The number of aromatic nitrogens is 1. The molecular formula is C14H17N3OS. The van der Waals surface area contributed by atoms with Gasteiger partial charge in [0.1, 0.15) is 5.01 Å². The van der Waals surface area contributed by atoms with E-state index < -0.39 is 0 Å². The topological polar surface area (TPSA) is 68.0 Å². The summed E-state index contributed by atoms with van der Waals surface area (Å²) in [7, 11) is 0. The Labute approximate surface area is 116 Å². The van der Waals surface area contributed by atoms with Gasteiger partial charge in [-0.15, -0.1) is 11.3 Å². The van der Waals surface area contributed by atoms with Gasteiger partial charge in [-0.25, -0.2) is 4.98 Å². The summed E-state index contributed by atoms with van der Waals surface area (Å²) in [6, 6.07) is 5.22. The highest BCUT2D eigenvalue weighted by atomic mass is 32.1. The third-order valence-corrected chi connectivity index (χ3v) is 3.99. The zero-order valence-corrected chi connectivity index (χ0v) is 12.0. The van der Waals surface area contributed by atoms with Gasteiger partial charge in [-0.1, -0.05) is 6.07 Å². The molecule has 0 saturated carbocycles. The number of hydrogen-bond donors (Lipinski definition) is 2. The van der Waals surface area contributed by atoms with Crippen LogP contribution < -0.4 is 11.1 Å². The predicted octanol–water partition coefficient (Wildman–Crippen LogP) is 2.83. The Bertz CT molecular complexity index is 606. The molecule has 0 radical (unpaired) electrons. The third-order valence-electron chi connectivity index (χ3n) is 2.90. The highest BCUT2D eigenvalue weighted by Gasteiger charge is 2.14. The van der Waals surface area contributed by atoms with Crippen molar-refractivity contribution in [3.8, 4) is 0 Å². The number of anilines is 1. The summed E-state index contributed by atoms with van der Waals surface area (Å²) in [6.07, 6.45) is 1.81. The van der Waals surface area contributed by atoms with Crippen LogP contribution in [-0.2, 0) is 0 Å². The van der Waals surface area contributed by atoms with Gasteiger partial charge >= 0.3 is 0 Å². The quantitative estimate of drug-likeness (QED) is 0.846. The van der Waals surface area contributed by atoms with Crippen LogP contribution in [0.3, 0.4) is 0 Å². The second-order valence-electron chi connectivity index (χ2n) is 4.58. The van der Waals surface area contributed by atoms with Gasteiger partial charge in [-0.3, -0.25) is 4.79 Å². The highest BCUT2D eigenvalue weighted by molar-refractivity contribution is 7.11. The largest absolute Gasteiger partial charge is 0.398 e. The first-order valence-electron chi connectivity index (χ1n) is 6.06. The van der Waals surface area contributed by atoms with Crippen LogP contribution in [0.5, 0.6) is 0 Å². The van der Waals surface area contributed by atoms with Gasteiger partial charge in [0.15, 0.2) is 0 Å². The lowest BCUT2D eigenvalue weighted by Crippen LogP contribution is -2.26. The number of hydrogen-bond acceptors (Lipinski definition) is 4.